The Balaban J connectivity index is 2.30. The Labute approximate surface area is 105 Å². The van der Waals surface area contributed by atoms with Crippen LogP contribution in [0, 0.1) is 6.92 Å². The zero-order chi connectivity index (χ0) is 12.5. The van der Waals surface area contributed by atoms with E-state index < -0.39 is 0 Å². The van der Waals surface area contributed by atoms with Crippen LogP contribution in [0.1, 0.15) is 11.3 Å². The summed E-state index contributed by atoms with van der Waals surface area (Å²) in [6.45, 7) is 2.01. The molecule has 0 bridgehead atoms. The molecule has 2 aromatic heterocycles. The van der Waals surface area contributed by atoms with E-state index in [2.05, 4.69) is 4.98 Å². The van der Waals surface area contributed by atoms with Crippen LogP contribution in [0.25, 0.3) is 16.9 Å². The van der Waals surface area contributed by atoms with Gasteiger partial charge in [0.1, 0.15) is 5.65 Å². The van der Waals surface area contributed by atoms with Crippen LogP contribution in [0.5, 0.6) is 0 Å². The molecule has 3 aromatic rings. The van der Waals surface area contributed by atoms with E-state index >= 15 is 0 Å². The summed E-state index contributed by atoms with van der Waals surface area (Å²) < 4.78 is 1.96. The van der Waals surface area contributed by atoms with Crippen molar-refractivity contribution in [3.05, 3.63) is 59.9 Å². The second-order valence-corrected chi connectivity index (χ2v) is 4.37. The molecule has 0 aliphatic rings. The number of aromatic nitrogens is 2. The predicted molar refractivity (Wildman–Crippen MR) is 71.3 cm³/mol. The molecule has 0 fully saturated rings. The monoisotopic (exact) mass is 238 g/mol. The van der Waals surface area contributed by atoms with Crippen molar-refractivity contribution in [2.75, 3.05) is 0 Å². The van der Waals surface area contributed by atoms with Gasteiger partial charge in [0.2, 0.25) is 0 Å². The summed E-state index contributed by atoms with van der Waals surface area (Å²) in [6, 6.07) is 13.9. The molecule has 90 valence electrons. The summed E-state index contributed by atoms with van der Waals surface area (Å²) in [7, 11) is 0. The first-order valence-corrected chi connectivity index (χ1v) is 5.93. The molecule has 0 aliphatic carbocycles. The highest BCUT2D eigenvalue weighted by molar-refractivity contribution is 5.66. The molecule has 0 amide bonds. The number of hydrogen-bond acceptors (Lipinski definition) is 2. The van der Waals surface area contributed by atoms with Gasteiger partial charge in [-0.3, -0.25) is 0 Å². The van der Waals surface area contributed by atoms with Gasteiger partial charge in [0.05, 0.1) is 18.0 Å². The van der Waals surface area contributed by atoms with Gasteiger partial charge in [-0.15, -0.1) is 0 Å². The molecule has 1 aromatic carbocycles. The lowest BCUT2D eigenvalue weighted by atomic mass is 10.1. The van der Waals surface area contributed by atoms with E-state index in [-0.39, 0.29) is 6.61 Å². The highest BCUT2D eigenvalue weighted by Crippen LogP contribution is 2.24. The molecular formula is C15H14N2O. The van der Waals surface area contributed by atoms with Gasteiger partial charge < -0.3 is 9.51 Å². The Kier molecular flexibility index (Phi) is 2.61. The van der Waals surface area contributed by atoms with E-state index in [1.165, 1.54) is 0 Å². The smallest absolute Gasteiger partial charge is 0.137 e. The van der Waals surface area contributed by atoms with Crippen LogP contribution in [0.15, 0.2) is 48.7 Å². The molecule has 2 heterocycles. The van der Waals surface area contributed by atoms with Crippen LogP contribution in [-0.4, -0.2) is 14.5 Å². The summed E-state index contributed by atoms with van der Waals surface area (Å²) >= 11 is 0. The molecule has 0 saturated heterocycles. The summed E-state index contributed by atoms with van der Waals surface area (Å²) in [5.41, 5.74) is 4.73. The lowest BCUT2D eigenvalue weighted by Gasteiger charge is -2.02. The van der Waals surface area contributed by atoms with Gasteiger partial charge in [0.15, 0.2) is 0 Å². The largest absolute Gasteiger partial charge is 0.390 e. The van der Waals surface area contributed by atoms with Gasteiger partial charge in [-0.05, 0) is 18.6 Å². The lowest BCUT2D eigenvalue weighted by Crippen LogP contribution is -1.94. The van der Waals surface area contributed by atoms with Crippen molar-refractivity contribution >= 4 is 5.65 Å². The van der Waals surface area contributed by atoms with Gasteiger partial charge in [-0.2, -0.15) is 0 Å². The van der Waals surface area contributed by atoms with Gasteiger partial charge in [-0.25, -0.2) is 4.98 Å². The van der Waals surface area contributed by atoms with E-state index in [9.17, 15) is 5.11 Å². The van der Waals surface area contributed by atoms with Gasteiger partial charge in [0.25, 0.3) is 0 Å². The number of pyridine rings is 1. The molecule has 1 N–H and O–H groups in total. The molecule has 3 heteroatoms. The SMILES string of the molecule is Cc1ccc2nc(-c3ccccc3)c(CO)n2c1. The molecule has 3 rings (SSSR count). The van der Waals surface area contributed by atoms with Gasteiger partial charge in [0, 0.05) is 11.8 Å². The number of hydrogen-bond donors (Lipinski definition) is 1. The normalized spacial score (nSPS) is 11.0. The Hall–Kier alpha value is -2.13. The summed E-state index contributed by atoms with van der Waals surface area (Å²) in [6.07, 6.45) is 2.00. The molecule has 0 unspecified atom stereocenters. The van der Waals surface area contributed by atoms with E-state index in [1.807, 2.05) is 60.0 Å². The van der Waals surface area contributed by atoms with Crippen LogP contribution in [0.4, 0.5) is 0 Å². The van der Waals surface area contributed by atoms with E-state index in [0.717, 1.165) is 28.2 Å². The molecule has 18 heavy (non-hydrogen) atoms. The minimum absolute atomic E-state index is 0.0190. The minimum atomic E-state index is -0.0190. The number of aliphatic hydroxyl groups is 1. The van der Waals surface area contributed by atoms with Crippen molar-refractivity contribution in [2.24, 2.45) is 0 Å². The predicted octanol–water partition coefficient (Wildman–Crippen LogP) is 2.80. The summed E-state index contributed by atoms with van der Waals surface area (Å²) in [5, 5.41) is 9.60. The van der Waals surface area contributed by atoms with Crippen molar-refractivity contribution in [1.29, 1.82) is 0 Å². The van der Waals surface area contributed by atoms with Gasteiger partial charge >= 0.3 is 0 Å². The minimum Gasteiger partial charge on any atom is -0.390 e. The number of fused-ring (bicyclic) bond motifs is 1. The van der Waals surface area contributed by atoms with Crippen LogP contribution < -0.4 is 0 Å². The number of benzene rings is 1. The number of aliphatic hydroxyl groups excluding tert-OH is 1. The standard InChI is InChI=1S/C15H14N2O/c1-11-7-8-14-16-15(12-5-3-2-4-6-12)13(10-18)17(14)9-11/h2-9,18H,10H2,1H3. The van der Waals surface area contributed by atoms with Gasteiger partial charge in [-0.1, -0.05) is 36.4 Å². The Morgan fingerprint density at radius 2 is 1.89 bits per heavy atom. The van der Waals surface area contributed by atoms with Crippen molar-refractivity contribution in [3.63, 3.8) is 0 Å². The number of nitrogens with zero attached hydrogens (tertiary/aromatic N) is 2. The number of aryl methyl sites for hydroxylation is 1. The zero-order valence-corrected chi connectivity index (χ0v) is 10.2. The molecule has 3 nitrogen and oxygen atoms in total. The van der Waals surface area contributed by atoms with Crippen molar-refractivity contribution < 1.29 is 5.11 Å². The summed E-state index contributed by atoms with van der Waals surface area (Å²) in [4.78, 5) is 4.60. The first-order chi connectivity index (χ1) is 8.79. The highest BCUT2D eigenvalue weighted by Gasteiger charge is 2.12. The van der Waals surface area contributed by atoms with E-state index in [0.29, 0.717) is 0 Å². The third-order valence-electron chi connectivity index (χ3n) is 3.06. The first-order valence-electron chi connectivity index (χ1n) is 5.93. The molecule has 0 aliphatic heterocycles. The Morgan fingerprint density at radius 1 is 1.11 bits per heavy atom. The quantitative estimate of drug-likeness (QED) is 0.745. The van der Waals surface area contributed by atoms with Crippen molar-refractivity contribution in [2.45, 2.75) is 13.5 Å². The second kappa shape index (κ2) is 4.27. The fraction of sp³-hybridized carbons (Fsp3) is 0.133. The maximum atomic E-state index is 9.60. The topological polar surface area (TPSA) is 37.5 Å². The first kappa shape index (κ1) is 11.0. The molecule has 0 spiro atoms. The lowest BCUT2D eigenvalue weighted by molar-refractivity contribution is 0.276. The average molecular weight is 238 g/mol. The fourth-order valence-electron chi connectivity index (χ4n) is 2.18. The average Bonchev–Trinajstić information content (AvgIpc) is 2.77. The van der Waals surface area contributed by atoms with Crippen LogP contribution >= 0.6 is 0 Å². The van der Waals surface area contributed by atoms with Crippen molar-refractivity contribution in [1.82, 2.24) is 9.38 Å². The summed E-state index contributed by atoms with van der Waals surface area (Å²) in [5.74, 6) is 0. The van der Waals surface area contributed by atoms with Crippen LogP contribution in [0.3, 0.4) is 0 Å². The van der Waals surface area contributed by atoms with Crippen LogP contribution in [-0.2, 0) is 6.61 Å². The number of imidazole rings is 1. The third-order valence-corrected chi connectivity index (χ3v) is 3.06. The number of rotatable bonds is 2. The van der Waals surface area contributed by atoms with Crippen LogP contribution in [0.2, 0.25) is 0 Å². The maximum absolute atomic E-state index is 9.60. The maximum Gasteiger partial charge on any atom is 0.137 e. The van der Waals surface area contributed by atoms with Crippen molar-refractivity contribution in [3.8, 4) is 11.3 Å². The fourth-order valence-corrected chi connectivity index (χ4v) is 2.18. The molecule has 0 radical (unpaired) electrons. The highest BCUT2D eigenvalue weighted by atomic mass is 16.3. The van der Waals surface area contributed by atoms with E-state index in [4.69, 9.17) is 0 Å². The molecule has 0 saturated carbocycles. The molecular weight excluding hydrogens is 224 g/mol. The zero-order valence-electron chi connectivity index (χ0n) is 10.2. The third kappa shape index (κ3) is 1.69. The Bertz CT molecular complexity index is 686. The van der Waals surface area contributed by atoms with E-state index in [1.54, 1.807) is 0 Å². The molecule has 0 atom stereocenters. The Morgan fingerprint density at radius 3 is 2.61 bits per heavy atom. The second-order valence-electron chi connectivity index (χ2n) is 4.37.